The maximum Gasteiger partial charge on any atom is 0.416 e. The molecule has 0 N–H and O–H groups in total. The predicted octanol–water partition coefficient (Wildman–Crippen LogP) is 4.04. The average Bonchev–Trinajstić information content (AvgIpc) is 2.26. The van der Waals surface area contributed by atoms with Crippen LogP contribution in [0.1, 0.15) is 19.4 Å². The van der Waals surface area contributed by atoms with Gasteiger partial charge in [-0.25, -0.2) is 0 Å². The fourth-order valence-electron chi connectivity index (χ4n) is 1.09. The summed E-state index contributed by atoms with van der Waals surface area (Å²) in [5, 5.41) is 0. The van der Waals surface area contributed by atoms with E-state index in [9.17, 15) is 13.2 Å². The molecule has 17 heavy (non-hydrogen) atoms. The lowest BCUT2D eigenvalue weighted by Crippen LogP contribution is -2.23. The second kappa shape index (κ2) is 5.21. The molecule has 0 atom stereocenters. The Morgan fingerprint density at radius 3 is 2.41 bits per heavy atom. The predicted molar refractivity (Wildman–Crippen MR) is 64.6 cm³/mol. The number of halogens is 3. The van der Waals surface area contributed by atoms with E-state index in [1.165, 1.54) is 12.1 Å². The first-order valence-electron chi connectivity index (χ1n) is 5.15. The molecule has 0 unspecified atom stereocenters. The van der Waals surface area contributed by atoms with E-state index in [1.807, 2.05) is 13.8 Å². The highest BCUT2D eigenvalue weighted by atomic mass is 32.1. The third-order valence-corrected chi connectivity index (χ3v) is 3.08. The van der Waals surface area contributed by atoms with Crippen LogP contribution in [0.5, 0.6) is 5.75 Å². The summed E-state index contributed by atoms with van der Waals surface area (Å²) in [6.07, 6.45) is -4.33. The largest absolute Gasteiger partial charge is 0.493 e. The first kappa shape index (κ1) is 14.2. The van der Waals surface area contributed by atoms with Gasteiger partial charge < -0.3 is 4.74 Å². The van der Waals surface area contributed by atoms with Crippen molar-refractivity contribution in [3.05, 3.63) is 29.8 Å². The standard InChI is InChI=1S/C12H15F3OS/c1-11(2,8-17)7-16-10-5-3-4-9(6-10)12(13,14)15/h3-6,17H,7-8H2,1-2H3. The molecule has 1 aromatic carbocycles. The summed E-state index contributed by atoms with van der Waals surface area (Å²) in [6.45, 7) is 4.21. The number of hydrogen-bond donors (Lipinski definition) is 1. The molecule has 0 aliphatic heterocycles. The van der Waals surface area contributed by atoms with Crippen LogP contribution in [0.25, 0.3) is 0 Å². The van der Waals surface area contributed by atoms with Gasteiger partial charge in [0.05, 0.1) is 12.2 Å². The van der Waals surface area contributed by atoms with Gasteiger partial charge in [-0.1, -0.05) is 19.9 Å². The summed E-state index contributed by atoms with van der Waals surface area (Å²) < 4.78 is 42.7. The minimum absolute atomic E-state index is 0.169. The quantitative estimate of drug-likeness (QED) is 0.807. The van der Waals surface area contributed by atoms with Crippen LogP contribution in [-0.2, 0) is 6.18 Å². The van der Waals surface area contributed by atoms with Gasteiger partial charge in [-0.2, -0.15) is 25.8 Å². The fourth-order valence-corrected chi connectivity index (χ4v) is 1.18. The molecule has 0 amide bonds. The number of benzene rings is 1. The van der Waals surface area contributed by atoms with Crippen LogP contribution in [-0.4, -0.2) is 12.4 Å². The van der Waals surface area contributed by atoms with Crippen molar-refractivity contribution in [2.24, 2.45) is 5.41 Å². The molecule has 0 aromatic heterocycles. The first-order valence-corrected chi connectivity index (χ1v) is 5.79. The van der Waals surface area contributed by atoms with E-state index in [0.717, 1.165) is 12.1 Å². The van der Waals surface area contributed by atoms with Crippen LogP contribution in [0.3, 0.4) is 0 Å². The summed E-state index contributed by atoms with van der Waals surface area (Å²) in [6, 6.07) is 4.89. The Kier molecular flexibility index (Phi) is 4.36. The van der Waals surface area contributed by atoms with E-state index in [-0.39, 0.29) is 11.2 Å². The normalized spacial score (nSPS) is 12.6. The molecule has 96 valence electrons. The second-order valence-electron chi connectivity index (χ2n) is 4.64. The first-order chi connectivity index (χ1) is 7.74. The molecule has 0 spiro atoms. The lowest BCUT2D eigenvalue weighted by molar-refractivity contribution is -0.137. The highest BCUT2D eigenvalue weighted by molar-refractivity contribution is 7.80. The van der Waals surface area contributed by atoms with Crippen LogP contribution < -0.4 is 4.74 Å². The van der Waals surface area contributed by atoms with Gasteiger partial charge in [0.25, 0.3) is 0 Å². The van der Waals surface area contributed by atoms with Crippen molar-refractivity contribution in [3.63, 3.8) is 0 Å². The SMILES string of the molecule is CC(C)(CS)COc1cccc(C(F)(F)F)c1. The van der Waals surface area contributed by atoms with E-state index in [1.54, 1.807) is 0 Å². The van der Waals surface area contributed by atoms with E-state index in [0.29, 0.717) is 12.4 Å². The van der Waals surface area contributed by atoms with Crippen LogP contribution in [0.2, 0.25) is 0 Å². The molecule has 0 bridgehead atoms. The molecule has 1 aromatic rings. The van der Waals surface area contributed by atoms with Gasteiger partial charge in [0.1, 0.15) is 5.75 Å². The Morgan fingerprint density at radius 1 is 1.24 bits per heavy atom. The Balaban J connectivity index is 2.74. The topological polar surface area (TPSA) is 9.23 Å². The maximum absolute atomic E-state index is 12.4. The molecule has 5 heteroatoms. The highest BCUT2D eigenvalue weighted by Crippen LogP contribution is 2.31. The third-order valence-electron chi connectivity index (χ3n) is 2.22. The summed E-state index contributed by atoms with van der Waals surface area (Å²) in [7, 11) is 0. The molecule has 0 radical (unpaired) electrons. The Morgan fingerprint density at radius 2 is 1.88 bits per heavy atom. The molecule has 0 aliphatic carbocycles. The van der Waals surface area contributed by atoms with Crippen molar-refractivity contribution in [2.45, 2.75) is 20.0 Å². The number of alkyl halides is 3. The van der Waals surface area contributed by atoms with Crippen molar-refractivity contribution in [2.75, 3.05) is 12.4 Å². The van der Waals surface area contributed by atoms with Crippen LogP contribution in [0.4, 0.5) is 13.2 Å². The van der Waals surface area contributed by atoms with Gasteiger partial charge in [-0.3, -0.25) is 0 Å². The maximum atomic E-state index is 12.4. The van der Waals surface area contributed by atoms with Gasteiger partial charge in [0.2, 0.25) is 0 Å². The number of hydrogen-bond acceptors (Lipinski definition) is 2. The van der Waals surface area contributed by atoms with Crippen molar-refractivity contribution in [1.82, 2.24) is 0 Å². The summed E-state index contributed by atoms with van der Waals surface area (Å²) in [5.41, 5.74) is -0.865. The molecule has 0 aliphatic rings. The van der Waals surface area contributed by atoms with Gasteiger partial charge in [-0.15, -0.1) is 0 Å². The molecular formula is C12H15F3OS. The molecule has 1 rings (SSSR count). The van der Waals surface area contributed by atoms with Crippen molar-refractivity contribution >= 4 is 12.6 Å². The van der Waals surface area contributed by atoms with Crippen LogP contribution in [0, 0.1) is 5.41 Å². The summed E-state index contributed by atoms with van der Waals surface area (Å²) >= 11 is 4.15. The van der Waals surface area contributed by atoms with Gasteiger partial charge in [0.15, 0.2) is 0 Å². The molecule has 0 fully saturated rings. The average molecular weight is 264 g/mol. The Hall–Kier alpha value is -0.840. The zero-order valence-corrected chi connectivity index (χ0v) is 10.6. The minimum Gasteiger partial charge on any atom is -0.493 e. The lowest BCUT2D eigenvalue weighted by atomic mass is 9.98. The molecule has 1 nitrogen and oxygen atoms in total. The Labute approximate surface area is 104 Å². The van der Waals surface area contributed by atoms with E-state index in [4.69, 9.17) is 4.74 Å². The van der Waals surface area contributed by atoms with Crippen molar-refractivity contribution in [3.8, 4) is 5.75 Å². The fraction of sp³-hybridized carbons (Fsp3) is 0.500. The molecule has 0 heterocycles. The van der Waals surface area contributed by atoms with Crippen LogP contribution in [0.15, 0.2) is 24.3 Å². The lowest BCUT2D eigenvalue weighted by Gasteiger charge is -2.22. The third kappa shape index (κ3) is 4.50. The van der Waals surface area contributed by atoms with Gasteiger partial charge in [-0.05, 0) is 24.0 Å². The number of ether oxygens (including phenoxy) is 1. The second-order valence-corrected chi connectivity index (χ2v) is 4.95. The molecule has 0 saturated heterocycles. The summed E-state index contributed by atoms with van der Waals surface area (Å²) in [4.78, 5) is 0. The van der Waals surface area contributed by atoms with E-state index in [2.05, 4.69) is 12.6 Å². The van der Waals surface area contributed by atoms with Crippen molar-refractivity contribution < 1.29 is 17.9 Å². The van der Waals surface area contributed by atoms with Gasteiger partial charge in [0, 0.05) is 5.41 Å². The Bertz CT molecular complexity index is 374. The zero-order valence-electron chi connectivity index (χ0n) is 9.71. The monoisotopic (exact) mass is 264 g/mol. The summed E-state index contributed by atoms with van der Waals surface area (Å²) in [5.74, 6) is 0.834. The molecular weight excluding hydrogens is 249 g/mol. The van der Waals surface area contributed by atoms with E-state index < -0.39 is 11.7 Å². The van der Waals surface area contributed by atoms with Crippen molar-refractivity contribution in [1.29, 1.82) is 0 Å². The van der Waals surface area contributed by atoms with Gasteiger partial charge >= 0.3 is 6.18 Å². The smallest absolute Gasteiger partial charge is 0.416 e. The molecule has 0 saturated carbocycles. The zero-order chi connectivity index (χ0) is 13.1. The number of thiol groups is 1. The van der Waals surface area contributed by atoms with Crippen LogP contribution >= 0.6 is 12.6 Å². The number of rotatable bonds is 4. The minimum atomic E-state index is -4.33. The highest BCUT2D eigenvalue weighted by Gasteiger charge is 2.30. The van der Waals surface area contributed by atoms with E-state index >= 15 is 0 Å².